The van der Waals surface area contributed by atoms with Gasteiger partial charge in [0.25, 0.3) is 0 Å². The first-order chi connectivity index (χ1) is 15.3. The van der Waals surface area contributed by atoms with E-state index in [0.717, 1.165) is 10.7 Å². The predicted octanol–water partition coefficient (Wildman–Crippen LogP) is 5.96. The van der Waals surface area contributed by atoms with E-state index in [-0.39, 0.29) is 22.9 Å². The summed E-state index contributed by atoms with van der Waals surface area (Å²) in [4.78, 5) is 16.4. The molecule has 0 bridgehead atoms. The fraction of sp³-hybridized carbons (Fsp3) is 0.0870. The van der Waals surface area contributed by atoms with Gasteiger partial charge in [-0.05, 0) is 42.5 Å². The topological polar surface area (TPSA) is 57.0 Å². The second-order valence-corrected chi connectivity index (χ2v) is 7.16. The summed E-state index contributed by atoms with van der Waals surface area (Å²) in [6, 6.07) is 18.7. The van der Waals surface area contributed by atoms with Crippen molar-refractivity contribution in [3.63, 3.8) is 0 Å². The van der Waals surface area contributed by atoms with E-state index in [1.807, 2.05) is 0 Å². The molecule has 0 amide bonds. The van der Waals surface area contributed by atoms with Crippen molar-refractivity contribution in [2.75, 3.05) is 0 Å². The number of aromatic nitrogens is 3. The van der Waals surface area contributed by atoms with Gasteiger partial charge in [-0.25, -0.2) is 9.48 Å². The number of esters is 1. The van der Waals surface area contributed by atoms with Crippen LogP contribution in [0, 0.1) is 0 Å². The van der Waals surface area contributed by atoms with Crippen LogP contribution in [0.25, 0.3) is 16.9 Å². The fourth-order valence-electron chi connectivity index (χ4n) is 3.02. The zero-order chi connectivity index (χ0) is 22.7. The number of halogens is 4. The van der Waals surface area contributed by atoms with Gasteiger partial charge in [0.2, 0.25) is 0 Å². The number of hydrogen-bond donors (Lipinski definition) is 0. The minimum absolute atomic E-state index is 0.00957. The molecule has 0 aliphatic heterocycles. The maximum Gasteiger partial charge on any atom is 0.435 e. The monoisotopic (exact) mass is 457 g/mol. The molecular formula is C23H15ClF3N3O2. The number of carbonyl (C=O) groups excluding carboxylic acids is 1. The fourth-order valence-corrected chi connectivity index (χ4v) is 3.23. The molecule has 0 radical (unpaired) electrons. The van der Waals surface area contributed by atoms with Crippen LogP contribution in [0.3, 0.4) is 0 Å². The predicted molar refractivity (Wildman–Crippen MR) is 112 cm³/mol. The van der Waals surface area contributed by atoms with Gasteiger partial charge in [0.15, 0.2) is 5.69 Å². The Balaban J connectivity index is 1.63. The summed E-state index contributed by atoms with van der Waals surface area (Å²) in [5, 5.41) is 3.97. The number of hydrogen-bond acceptors (Lipinski definition) is 4. The molecule has 5 nitrogen and oxygen atoms in total. The van der Waals surface area contributed by atoms with Gasteiger partial charge in [0.05, 0.1) is 27.7 Å². The van der Waals surface area contributed by atoms with Crippen molar-refractivity contribution in [3.8, 4) is 16.9 Å². The van der Waals surface area contributed by atoms with Crippen molar-refractivity contribution in [2.24, 2.45) is 0 Å². The molecule has 2 aromatic heterocycles. The molecule has 2 aromatic carbocycles. The average molecular weight is 458 g/mol. The highest BCUT2D eigenvalue weighted by molar-refractivity contribution is 6.32. The minimum atomic E-state index is -4.63. The molecular weight excluding hydrogens is 443 g/mol. The van der Waals surface area contributed by atoms with Crippen molar-refractivity contribution >= 4 is 17.6 Å². The molecule has 0 fully saturated rings. The minimum Gasteiger partial charge on any atom is -0.456 e. The molecule has 0 saturated heterocycles. The summed E-state index contributed by atoms with van der Waals surface area (Å²) in [6.45, 7) is 0.00957. The summed E-state index contributed by atoms with van der Waals surface area (Å²) >= 11 is 6.19. The lowest BCUT2D eigenvalue weighted by molar-refractivity contribution is -0.141. The molecule has 0 aliphatic rings. The summed E-state index contributed by atoms with van der Waals surface area (Å²) in [7, 11) is 0. The Kier molecular flexibility index (Phi) is 5.96. The molecule has 32 heavy (non-hydrogen) atoms. The maximum atomic E-state index is 13.3. The van der Waals surface area contributed by atoms with Crippen molar-refractivity contribution in [1.82, 2.24) is 14.8 Å². The van der Waals surface area contributed by atoms with Crippen molar-refractivity contribution < 1.29 is 22.7 Å². The molecule has 9 heteroatoms. The lowest BCUT2D eigenvalue weighted by atomic mass is 10.1. The van der Waals surface area contributed by atoms with E-state index in [1.165, 1.54) is 24.3 Å². The standard InChI is InChI=1S/C23H15ClF3N3O2/c24-18-6-1-2-7-19(18)30-20(13-21(29-30)23(25,26)27)15-8-10-16(11-9-15)22(31)32-14-17-5-3-4-12-28-17/h1-13H,14H2. The summed E-state index contributed by atoms with van der Waals surface area (Å²) < 4.78 is 46.4. The van der Waals surface area contributed by atoms with Crippen LogP contribution in [0.15, 0.2) is 79.0 Å². The van der Waals surface area contributed by atoms with Gasteiger partial charge >= 0.3 is 12.1 Å². The van der Waals surface area contributed by atoms with Gasteiger partial charge in [0, 0.05) is 11.8 Å². The van der Waals surface area contributed by atoms with E-state index in [4.69, 9.17) is 16.3 Å². The third-order valence-electron chi connectivity index (χ3n) is 4.57. The second-order valence-electron chi connectivity index (χ2n) is 6.75. The number of rotatable bonds is 5. The molecule has 0 unspecified atom stereocenters. The molecule has 0 N–H and O–H groups in total. The average Bonchev–Trinajstić information content (AvgIpc) is 3.24. The third kappa shape index (κ3) is 4.65. The number of para-hydroxylation sites is 1. The number of alkyl halides is 3. The van der Waals surface area contributed by atoms with Gasteiger partial charge in [-0.3, -0.25) is 4.98 Å². The van der Waals surface area contributed by atoms with Crippen LogP contribution in [-0.4, -0.2) is 20.7 Å². The Bertz CT molecular complexity index is 1240. The normalized spacial score (nSPS) is 11.4. The number of pyridine rings is 1. The highest BCUT2D eigenvalue weighted by Crippen LogP contribution is 2.34. The number of carbonyl (C=O) groups is 1. The Morgan fingerprint density at radius 1 is 1.00 bits per heavy atom. The molecule has 162 valence electrons. The van der Waals surface area contributed by atoms with E-state index in [2.05, 4.69) is 10.1 Å². The lowest BCUT2D eigenvalue weighted by Gasteiger charge is -2.10. The number of ether oxygens (including phenoxy) is 1. The SMILES string of the molecule is O=C(OCc1ccccn1)c1ccc(-c2cc(C(F)(F)F)nn2-c2ccccc2Cl)cc1. The van der Waals surface area contributed by atoms with E-state index < -0.39 is 17.8 Å². The maximum absolute atomic E-state index is 13.3. The van der Waals surface area contributed by atoms with Crippen LogP contribution < -0.4 is 0 Å². The Morgan fingerprint density at radius 2 is 1.72 bits per heavy atom. The smallest absolute Gasteiger partial charge is 0.435 e. The lowest BCUT2D eigenvalue weighted by Crippen LogP contribution is -2.07. The highest BCUT2D eigenvalue weighted by atomic mass is 35.5. The first-order valence-corrected chi connectivity index (χ1v) is 9.80. The van der Waals surface area contributed by atoms with Crippen LogP contribution >= 0.6 is 11.6 Å². The Morgan fingerprint density at radius 3 is 2.38 bits per heavy atom. The second kappa shape index (κ2) is 8.84. The summed E-state index contributed by atoms with van der Waals surface area (Å²) in [6.07, 6.45) is -3.04. The van der Waals surface area contributed by atoms with E-state index in [9.17, 15) is 18.0 Å². The van der Waals surface area contributed by atoms with Crippen LogP contribution in [-0.2, 0) is 17.5 Å². The zero-order valence-electron chi connectivity index (χ0n) is 16.4. The first kappa shape index (κ1) is 21.6. The Labute approximate surface area is 186 Å². The molecule has 0 aliphatic carbocycles. The van der Waals surface area contributed by atoms with E-state index >= 15 is 0 Å². The first-order valence-electron chi connectivity index (χ1n) is 9.42. The Hall–Kier alpha value is -3.65. The number of benzene rings is 2. The molecule has 0 spiro atoms. The van der Waals surface area contributed by atoms with Crippen molar-refractivity contribution in [3.05, 3.63) is 101 Å². The van der Waals surface area contributed by atoms with Crippen LogP contribution in [0.4, 0.5) is 13.2 Å². The van der Waals surface area contributed by atoms with Gasteiger partial charge < -0.3 is 4.74 Å². The molecule has 2 heterocycles. The quantitative estimate of drug-likeness (QED) is 0.347. The van der Waals surface area contributed by atoms with Gasteiger partial charge in [-0.15, -0.1) is 0 Å². The highest BCUT2D eigenvalue weighted by Gasteiger charge is 2.35. The van der Waals surface area contributed by atoms with E-state index in [0.29, 0.717) is 16.9 Å². The molecule has 4 aromatic rings. The molecule has 4 rings (SSSR count). The molecule has 0 atom stereocenters. The van der Waals surface area contributed by atoms with Crippen LogP contribution in [0.1, 0.15) is 21.7 Å². The third-order valence-corrected chi connectivity index (χ3v) is 4.89. The summed E-state index contributed by atoms with van der Waals surface area (Å²) in [5.41, 5.74) is 0.711. The van der Waals surface area contributed by atoms with Crippen LogP contribution in [0.2, 0.25) is 5.02 Å². The number of nitrogens with zero attached hydrogens (tertiary/aromatic N) is 3. The largest absolute Gasteiger partial charge is 0.456 e. The zero-order valence-corrected chi connectivity index (χ0v) is 17.1. The van der Waals surface area contributed by atoms with E-state index in [1.54, 1.807) is 48.7 Å². The van der Waals surface area contributed by atoms with Crippen molar-refractivity contribution in [1.29, 1.82) is 0 Å². The van der Waals surface area contributed by atoms with Gasteiger partial charge in [-0.1, -0.05) is 41.9 Å². The van der Waals surface area contributed by atoms with Gasteiger partial charge in [-0.2, -0.15) is 18.3 Å². The van der Waals surface area contributed by atoms with Gasteiger partial charge in [0.1, 0.15) is 6.61 Å². The van der Waals surface area contributed by atoms with Crippen LogP contribution in [0.5, 0.6) is 0 Å². The van der Waals surface area contributed by atoms with Crippen molar-refractivity contribution in [2.45, 2.75) is 12.8 Å². The molecule has 0 saturated carbocycles. The summed E-state index contributed by atoms with van der Waals surface area (Å²) in [5.74, 6) is -0.571.